The maximum absolute atomic E-state index is 13.7. The molecule has 0 atom stereocenters. The molecule has 0 aliphatic carbocycles. The van der Waals surface area contributed by atoms with Gasteiger partial charge in [0.05, 0.1) is 5.69 Å². The van der Waals surface area contributed by atoms with Gasteiger partial charge in [-0.05, 0) is 45.8 Å². The van der Waals surface area contributed by atoms with Crippen molar-refractivity contribution in [2.24, 2.45) is 0 Å². The number of para-hydroxylation sites is 1. The maximum atomic E-state index is 13.7. The molecule has 3 rings (SSSR count). The van der Waals surface area contributed by atoms with Gasteiger partial charge >= 0.3 is 0 Å². The minimum Gasteiger partial charge on any atom is -0.486 e. The molecule has 5 heteroatoms. The van der Waals surface area contributed by atoms with Gasteiger partial charge in [0.15, 0.2) is 11.5 Å². The van der Waals surface area contributed by atoms with Gasteiger partial charge < -0.3 is 14.8 Å². The van der Waals surface area contributed by atoms with Crippen LogP contribution in [-0.4, -0.2) is 13.2 Å². The van der Waals surface area contributed by atoms with E-state index >= 15 is 0 Å². The highest BCUT2D eigenvalue weighted by atomic mass is 79.9. The van der Waals surface area contributed by atoms with Crippen molar-refractivity contribution in [3.8, 4) is 11.5 Å². The van der Waals surface area contributed by atoms with Crippen molar-refractivity contribution in [1.82, 2.24) is 0 Å². The largest absolute Gasteiger partial charge is 0.486 e. The number of hydrogen-bond donors (Lipinski definition) is 1. The summed E-state index contributed by atoms with van der Waals surface area (Å²) in [6.07, 6.45) is 0. The quantitative estimate of drug-likeness (QED) is 0.919. The zero-order chi connectivity index (χ0) is 13.9. The molecule has 0 saturated heterocycles. The first kappa shape index (κ1) is 13.2. The molecule has 0 amide bonds. The average Bonchev–Trinajstić information content (AvgIpc) is 2.46. The van der Waals surface area contributed by atoms with Crippen molar-refractivity contribution in [2.75, 3.05) is 18.5 Å². The molecule has 0 fully saturated rings. The SMILES string of the molecule is Fc1cccc(Br)c1NCc1ccc2c(c1)OCCO2. The van der Waals surface area contributed by atoms with Crippen LogP contribution in [0.1, 0.15) is 5.56 Å². The fourth-order valence-electron chi connectivity index (χ4n) is 2.05. The Morgan fingerprint density at radius 3 is 2.70 bits per heavy atom. The van der Waals surface area contributed by atoms with Crippen LogP contribution in [0.4, 0.5) is 10.1 Å². The summed E-state index contributed by atoms with van der Waals surface area (Å²) in [4.78, 5) is 0. The Kier molecular flexibility index (Phi) is 3.78. The highest BCUT2D eigenvalue weighted by Crippen LogP contribution is 2.31. The molecule has 2 aromatic carbocycles. The molecule has 0 radical (unpaired) electrons. The normalized spacial score (nSPS) is 13.1. The van der Waals surface area contributed by atoms with Gasteiger partial charge in [0.1, 0.15) is 19.0 Å². The second kappa shape index (κ2) is 5.71. The number of benzene rings is 2. The lowest BCUT2D eigenvalue weighted by atomic mass is 10.2. The summed E-state index contributed by atoms with van der Waals surface area (Å²) in [7, 11) is 0. The molecule has 0 aromatic heterocycles. The summed E-state index contributed by atoms with van der Waals surface area (Å²) in [6.45, 7) is 1.64. The molecule has 1 N–H and O–H groups in total. The van der Waals surface area contributed by atoms with Crippen LogP contribution < -0.4 is 14.8 Å². The molecular weight excluding hydrogens is 325 g/mol. The van der Waals surface area contributed by atoms with Crippen LogP contribution in [0.25, 0.3) is 0 Å². The van der Waals surface area contributed by atoms with Crippen molar-refractivity contribution >= 4 is 21.6 Å². The van der Waals surface area contributed by atoms with E-state index in [1.807, 2.05) is 18.2 Å². The Morgan fingerprint density at radius 1 is 1.10 bits per heavy atom. The monoisotopic (exact) mass is 337 g/mol. The van der Waals surface area contributed by atoms with Crippen LogP contribution in [0.3, 0.4) is 0 Å². The summed E-state index contributed by atoms with van der Waals surface area (Å²) in [5.41, 5.74) is 1.46. The molecule has 1 aliphatic heterocycles. The summed E-state index contributed by atoms with van der Waals surface area (Å²) in [5.74, 6) is 1.21. The first-order valence-electron chi connectivity index (χ1n) is 6.30. The van der Waals surface area contributed by atoms with E-state index in [0.29, 0.717) is 29.9 Å². The van der Waals surface area contributed by atoms with E-state index in [9.17, 15) is 4.39 Å². The molecule has 0 bridgehead atoms. The third-order valence-corrected chi connectivity index (χ3v) is 3.70. The fourth-order valence-corrected chi connectivity index (χ4v) is 2.54. The van der Waals surface area contributed by atoms with Gasteiger partial charge in [-0.3, -0.25) is 0 Å². The second-order valence-electron chi connectivity index (χ2n) is 4.43. The van der Waals surface area contributed by atoms with E-state index in [4.69, 9.17) is 9.47 Å². The van der Waals surface area contributed by atoms with Gasteiger partial charge in [-0.15, -0.1) is 0 Å². The third-order valence-electron chi connectivity index (χ3n) is 3.04. The van der Waals surface area contributed by atoms with Gasteiger partial charge in [-0.25, -0.2) is 4.39 Å². The number of ether oxygens (including phenoxy) is 2. The fraction of sp³-hybridized carbons (Fsp3) is 0.200. The van der Waals surface area contributed by atoms with E-state index in [1.165, 1.54) is 6.07 Å². The third kappa shape index (κ3) is 2.72. The number of fused-ring (bicyclic) bond motifs is 1. The van der Waals surface area contributed by atoms with E-state index in [-0.39, 0.29) is 5.82 Å². The molecule has 1 heterocycles. The lowest BCUT2D eigenvalue weighted by molar-refractivity contribution is 0.171. The molecule has 3 nitrogen and oxygen atoms in total. The Hall–Kier alpha value is -1.75. The van der Waals surface area contributed by atoms with Crippen molar-refractivity contribution < 1.29 is 13.9 Å². The Balaban J connectivity index is 1.75. The number of rotatable bonds is 3. The summed E-state index contributed by atoms with van der Waals surface area (Å²) in [5, 5.41) is 3.09. The summed E-state index contributed by atoms with van der Waals surface area (Å²) >= 11 is 3.33. The van der Waals surface area contributed by atoms with Crippen molar-refractivity contribution in [1.29, 1.82) is 0 Å². The van der Waals surface area contributed by atoms with Gasteiger partial charge in [0.25, 0.3) is 0 Å². The topological polar surface area (TPSA) is 30.5 Å². The smallest absolute Gasteiger partial charge is 0.161 e. The van der Waals surface area contributed by atoms with Crippen molar-refractivity contribution in [2.45, 2.75) is 6.54 Å². The van der Waals surface area contributed by atoms with Crippen LogP contribution in [0.5, 0.6) is 11.5 Å². The zero-order valence-electron chi connectivity index (χ0n) is 10.7. The summed E-state index contributed by atoms with van der Waals surface area (Å²) in [6, 6.07) is 10.6. The van der Waals surface area contributed by atoms with E-state index in [2.05, 4.69) is 21.2 Å². The molecular formula is C15H13BrFNO2. The first-order chi connectivity index (χ1) is 9.74. The van der Waals surface area contributed by atoms with Gasteiger partial charge in [-0.1, -0.05) is 12.1 Å². The van der Waals surface area contributed by atoms with Crippen molar-refractivity contribution in [3.05, 3.63) is 52.3 Å². The van der Waals surface area contributed by atoms with E-state index in [0.717, 1.165) is 17.1 Å². The van der Waals surface area contributed by atoms with Crippen molar-refractivity contribution in [3.63, 3.8) is 0 Å². The molecule has 0 spiro atoms. The zero-order valence-corrected chi connectivity index (χ0v) is 12.2. The van der Waals surface area contributed by atoms with E-state index in [1.54, 1.807) is 12.1 Å². The number of anilines is 1. The van der Waals surface area contributed by atoms with E-state index < -0.39 is 0 Å². The predicted molar refractivity (Wildman–Crippen MR) is 78.9 cm³/mol. The Labute approximate surface area is 124 Å². The van der Waals surface area contributed by atoms with Gasteiger partial charge in [0.2, 0.25) is 0 Å². The Bertz CT molecular complexity index is 613. The molecule has 1 aliphatic rings. The lowest BCUT2D eigenvalue weighted by Crippen LogP contribution is -2.15. The maximum Gasteiger partial charge on any atom is 0.161 e. The van der Waals surface area contributed by atoms with Crippen LogP contribution >= 0.6 is 15.9 Å². The number of nitrogens with one attached hydrogen (secondary N) is 1. The minimum atomic E-state index is -0.281. The van der Waals surface area contributed by atoms with Gasteiger partial charge in [-0.2, -0.15) is 0 Å². The van der Waals surface area contributed by atoms with Crippen LogP contribution in [-0.2, 0) is 6.54 Å². The number of hydrogen-bond acceptors (Lipinski definition) is 3. The Morgan fingerprint density at radius 2 is 1.90 bits per heavy atom. The lowest BCUT2D eigenvalue weighted by Gasteiger charge is -2.19. The summed E-state index contributed by atoms with van der Waals surface area (Å²) < 4.78 is 25.4. The highest BCUT2D eigenvalue weighted by Gasteiger charge is 2.12. The molecule has 20 heavy (non-hydrogen) atoms. The van der Waals surface area contributed by atoms with Crippen LogP contribution in [0.2, 0.25) is 0 Å². The van der Waals surface area contributed by atoms with Crippen LogP contribution in [0.15, 0.2) is 40.9 Å². The molecule has 104 valence electrons. The molecule has 0 unspecified atom stereocenters. The number of halogens is 2. The van der Waals surface area contributed by atoms with Gasteiger partial charge in [0, 0.05) is 11.0 Å². The predicted octanol–water partition coefficient (Wildman–Crippen LogP) is 3.97. The minimum absolute atomic E-state index is 0.281. The average molecular weight is 338 g/mol. The second-order valence-corrected chi connectivity index (χ2v) is 5.28. The molecule has 2 aromatic rings. The molecule has 0 saturated carbocycles. The highest BCUT2D eigenvalue weighted by molar-refractivity contribution is 9.10. The standard InChI is InChI=1S/C15H13BrFNO2/c16-11-2-1-3-12(17)15(11)18-9-10-4-5-13-14(8-10)20-7-6-19-13/h1-5,8,18H,6-7,9H2. The first-order valence-corrected chi connectivity index (χ1v) is 7.10. The van der Waals surface area contributed by atoms with Crippen LogP contribution in [0, 0.1) is 5.82 Å².